The van der Waals surface area contributed by atoms with Gasteiger partial charge in [0.15, 0.2) is 0 Å². The Balaban J connectivity index is 0. The predicted octanol–water partition coefficient (Wildman–Crippen LogP) is 5.89. The molecule has 0 heterocycles. The summed E-state index contributed by atoms with van der Waals surface area (Å²) in [5, 5.41) is 0. The molecule has 100 valence electrons. The molecule has 0 atom stereocenters. The second kappa shape index (κ2) is 13.3. The largest absolute Gasteiger partial charge is 0.0683 e. The summed E-state index contributed by atoms with van der Waals surface area (Å²) >= 11 is 0. The van der Waals surface area contributed by atoms with Crippen LogP contribution in [0.25, 0.3) is 0 Å². The minimum absolute atomic E-state index is 0.810. The summed E-state index contributed by atoms with van der Waals surface area (Å²) in [5.74, 6) is 0.810. The van der Waals surface area contributed by atoms with E-state index < -0.39 is 0 Å². The predicted molar refractivity (Wildman–Crippen MR) is 81.7 cm³/mol. The van der Waals surface area contributed by atoms with Crippen LogP contribution >= 0.6 is 0 Å². The Bertz CT molecular complexity index is 248. The van der Waals surface area contributed by atoms with Crippen molar-refractivity contribution in [3.63, 3.8) is 0 Å². The van der Waals surface area contributed by atoms with Crippen LogP contribution < -0.4 is 0 Å². The Kier molecular flexibility index (Phi) is 14.5. The van der Waals surface area contributed by atoms with E-state index in [2.05, 4.69) is 45.0 Å². The fourth-order valence-electron chi connectivity index (χ4n) is 1.46. The van der Waals surface area contributed by atoms with Crippen molar-refractivity contribution in [3.8, 4) is 0 Å². The lowest BCUT2D eigenvalue weighted by molar-refractivity contribution is 0.586. The molecule has 0 nitrogen and oxygen atoms in total. The summed E-state index contributed by atoms with van der Waals surface area (Å²) in [6.45, 7) is 14.8. The zero-order valence-electron chi connectivity index (χ0n) is 13.0. The molecule has 0 spiro atoms. The van der Waals surface area contributed by atoms with Crippen LogP contribution in [0.5, 0.6) is 0 Å². The van der Waals surface area contributed by atoms with Crippen molar-refractivity contribution in [1.82, 2.24) is 0 Å². The van der Waals surface area contributed by atoms with E-state index in [9.17, 15) is 0 Å². The van der Waals surface area contributed by atoms with Crippen molar-refractivity contribution in [1.29, 1.82) is 0 Å². The molecule has 0 saturated carbocycles. The first kappa shape index (κ1) is 18.6. The van der Waals surface area contributed by atoms with Gasteiger partial charge in [0, 0.05) is 0 Å². The number of hydrogen-bond donors (Lipinski definition) is 0. The van der Waals surface area contributed by atoms with Crippen LogP contribution in [0.3, 0.4) is 0 Å². The van der Waals surface area contributed by atoms with Gasteiger partial charge >= 0.3 is 0 Å². The number of rotatable bonds is 4. The minimum Gasteiger partial charge on any atom is -0.0683 e. The highest BCUT2D eigenvalue weighted by Crippen LogP contribution is 2.11. The third-order valence-electron chi connectivity index (χ3n) is 2.41. The second-order valence-electron chi connectivity index (χ2n) is 4.11. The monoisotopic (exact) mass is 236 g/mol. The molecular weight excluding hydrogens is 204 g/mol. The summed E-state index contributed by atoms with van der Waals surface area (Å²) in [6.07, 6.45) is 3.67. The second-order valence-corrected chi connectivity index (χ2v) is 4.11. The van der Waals surface area contributed by atoms with Crippen LogP contribution in [0, 0.1) is 5.92 Å². The topological polar surface area (TPSA) is 0 Å². The Hall–Kier alpha value is -0.780. The normalized spacial score (nSPS) is 8.94. The summed E-state index contributed by atoms with van der Waals surface area (Å²) < 4.78 is 0. The SMILES string of the molecule is CC.CC.CCc1cccc(CCC(C)C)c1. The van der Waals surface area contributed by atoms with E-state index in [0.717, 1.165) is 12.3 Å². The molecule has 1 aromatic rings. The molecule has 0 aliphatic heterocycles. The van der Waals surface area contributed by atoms with Gasteiger partial charge in [-0.25, -0.2) is 0 Å². The van der Waals surface area contributed by atoms with Crippen molar-refractivity contribution < 1.29 is 0 Å². The summed E-state index contributed by atoms with van der Waals surface area (Å²) in [6, 6.07) is 8.96. The number of hydrogen-bond acceptors (Lipinski definition) is 0. The fraction of sp³-hybridized carbons (Fsp3) is 0.647. The lowest BCUT2D eigenvalue weighted by Crippen LogP contribution is -1.92. The average Bonchev–Trinajstić information content (AvgIpc) is 2.41. The lowest BCUT2D eigenvalue weighted by Gasteiger charge is -2.05. The third kappa shape index (κ3) is 10.1. The van der Waals surface area contributed by atoms with Crippen molar-refractivity contribution in [2.75, 3.05) is 0 Å². The Morgan fingerprint density at radius 3 is 1.94 bits per heavy atom. The molecule has 0 radical (unpaired) electrons. The standard InChI is InChI=1S/C13H20.2C2H6/c1-4-12-6-5-7-13(10-12)9-8-11(2)3;2*1-2/h5-7,10-11H,4,8-9H2,1-3H3;2*1-2H3. The quantitative estimate of drug-likeness (QED) is 0.611. The summed E-state index contributed by atoms with van der Waals surface area (Å²) in [7, 11) is 0. The lowest BCUT2D eigenvalue weighted by atomic mass is 10.0. The van der Waals surface area contributed by atoms with E-state index in [1.807, 2.05) is 27.7 Å². The molecule has 0 N–H and O–H groups in total. The van der Waals surface area contributed by atoms with E-state index in [0.29, 0.717) is 0 Å². The van der Waals surface area contributed by atoms with E-state index in [1.165, 1.54) is 24.0 Å². The molecule has 0 fully saturated rings. The van der Waals surface area contributed by atoms with E-state index in [1.54, 1.807) is 0 Å². The van der Waals surface area contributed by atoms with Crippen molar-refractivity contribution in [2.45, 2.75) is 67.7 Å². The van der Waals surface area contributed by atoms with Gasteiger partial charge < -0.3 is 0 Å². The highest BCUT2D eigenvalue weighted by molar-refractivity contribution is 5.23. The third-order valence-corrected chi connectivity index (χ3v) is 2.41. The fourth-order valence-corrected chi connectivity index (χ4v) is 1.46. The van der Waals surface area contributed by atoms with Gasteiger partial charge in [0.05, 0.1) is 0 Å². The molecule has 0 unspecified atom stereocenters. The molecule has 0 aromatic heterocycles. The van der Waals surface area contributed by atoms with Crippen LogP contribution in [0.2, 0.25) is 0 Å². The molecule has 0 aliphatic carbocycles. The number of aryl methyl sites for hydroxylation is 2. The first-order chi connectivity index (χ1) is 8.22. The first-order valence-corrected chi connectivity index (χ1v) is 7.30. The molecular formula is C17H32. The zero-order chi connectivity index (χ0) is 13.7. The number of benzene rings is 1. The van der Waals surface area contributed by atoms with Crippen LogP contribution in [-0.2, 0) is 12.8 Å². The van der Waals surface area contributed by atoms with Gasteiger partial charge in [-0.2, -0.15) is 0 Å². The molecule has 0 heteroatoms. The van der Waals surface area contributed by atoms with E-state index >= 15 is 0 Å². The minimum atomic E-state index is 0.810. The van der Waals surface area contributed by atoms with Crippen molar-refractivity contribution >= 4 is 0 Å². The van der Waals surface area contributed by atoms with Gasteiger partial charge in [0.1, 0.15) is 0 Å². The molecule has 17 heavy (non-hydrogen) atoms. The Labute approximate surface area is 109 Å². The van der Waals surface area contributed by atoms with Crippen LogP contribution in [-0.4, -0.2) is 0 Å². The molecule has 1 aromatic carbocycles. The Morgan fingerprint density at radius 1 is 0.941 bits per heavy atom. The maximum Gasteiger partial charge on any atom is -0.0276 e. The van der Waals surface area contributed by atoms with Crippen LogP contribution in [0.1, 0.15) is 66.0 Å². The molecule has 0 bridgehead atoms. The zero-order valence-corrected chi connectivity index (χ0v) is 13.0. The summed E-state index contributed by atoms with van der Waals surface area (Å²) in [4.78, 5) is 0. The van der Waals surface area contributed by atoms with Crippen molar-refractivity contribution in [3.05, 3.63) is 35.4 Å². The maximum atomic E-state index is 2.34. The van der Waals surface area contributed by atoms with Gasteiger partial charge in [0.2, 0.25) is 0 Å². The van der Waals surface area contributed by atoms with Gasteiger partial charge in [-0.05, 0) is 36.3 Å². The van der Waals surface area contributed by atoms with E-state index in [-0.39, 0.29) is 0 Å². The average molecular weight is 236 g/mol. The first-order valence-electron chi connectivity index (χ1n) is 7.30. The van der Waals surface area contributed by atoms with Gasteiger partial charge in [-0.1, -0.05) is 72.7 Å². The van der Waals surface area contributed by atoms with Gasteiger partial charge in [-0.3, -0.25) is 0 Å². The maximum absolute atomic E-state index is 2.34. The van der Waals surface area contributed by atoms with Gasteiger partial charge in [0.25, 0.3) is 0 Å². The van der Waals surface area contributed by atoms with Gasteiger partial charge in [-0.15, -0.1) is 0 Å². The smallest absolute Gasteiger partial charge is 0.0276 e. The summed E-state index contributed by atoms with van der Waals surface area (Å²) in [5.41, 5.74) is 2.95. The molecule has 0 saturated heterocycles. The highest BCUT2D eigenvalue weighted by atomic mass is 14.0. The van der Waals surface area contributed by atoms with Crippen molar-refractivity contribution in [2.24, 2.45) is 5.92 Å². The Morgan fingerprint density at radius 2 is 1.47 bits per heavy atom. The molecule has 0 aliphatic rings. The highest BCUT2D eigenvalue weighted by Gasteiger charge is 1.97. The van der Waals surface area contributed by atoms with Crippen LogP contribution in [0.4, 0.5) is 0 Å². The van der Waals surface area contributed by atoms with E-state index in [4.69, 9.17) is 0 Å². The molecule has 1 rings (SSSR count). The molecule has 0 amide bonds. The van der Waals surface area contributed by atoms with Crippen LogP contribution in [0.15, 0.2) is 24.3 Å².